The first-order valence-electron chi connectivity index (χ1n) is 7.61. The van der Waals surface area contributed by atoms with Crippen LogP contribution in [-0.2, 0) is 6.18 Å². The van der Waals surface area contributed by atoms with Crippen LogP contribution in [0.2, 0.25) is 0 Å². The van der Waals surface area contributed by atoms with Gasteiger partial charge in [0.05, 0.1) is 17.4 Å². The maximum atomic E-state index is 13.1. The Bertz CT molecular complexity index is 1060. The fraction of sp³-hybridized carbons (Fsp3) is 0.188. The maximum Gasteiger partial charge on any atom is 0.433 e. The van der Waals surface area contributed by atoms with Gasteiger partial charge in [-0.1, -0.05) is 0 Å². The molecule has 2 N–H and O–H groups in total. The molecule has 25 heavy (non-hydrogen) atoms. The van der Waals surface area contributed by atoms with Gasteiger partial charge in [0, 0.05) is 11.9 Å². The summed E-state index contributed by atoms with van der Waals surface area (Å²) >= 11 is 0. The Labute approximate surface area is 139 Å². The van der Waals surface area contributed by atoms with Gasteiger partial charge in [-0.2, -0.15) is 18.3 Å². The Balaban J connectivity index is 1.99. The topological polar surface area (TPSA) is 71.4 Å². The SMILES string of the molecule is CCNc1nc2ccc(C(F)(F)F)nc2n1-c1ccc2[nH]ncc2c1. The smallest absolute Gasteiger partial charge is 0.356 e. The van der Waals surface area contributed by atoms with Gasteiger partial charge in [0.15, 0.2) is 5.65 Å². The second kappa shape index (κ2) is 5.47. The van der Waals surface area contributed by atoms with Gasteiger partial charge < -0.3 is 5.32 Å². The summed E-state index contributed by atoms with van der Waals surface area (Å²) in [5.74, 6) is 0.437. The number of nitrogens with zero attached hydrogens (tertiary/aromatic N) is 4. The Kier molecular flexibility index (Phi) is 3.38. The number of pyridine rings is 1. The van der Waals surface area contributed by atoms with E-state index in [1.165, 1.54) is 6.07 Å². The van der Waals surface area contributed by atoms with E-state index < -0.39 is 11.9 Å². The molecule has 3 heterocycles. The van der Waals surface area contributed by atoms with E-state index >= 15 is 0 Å². The Hall–Kier alpha value is -3.10. The molecular formula is C16H13F3N6. The summed E-state index contributed by atoms with van der Waals surface area (Å²) in [6.07, 6.45) is -2.87. The molecule has 0 radical (unpaired) electrons. The molecule has 9 heteroatoms. The monoisotopic (exact) mass is 346 g/mol. The third kappa shape index (κ3) is 2.57. The number of H-pyrrole nitrogens is 1. The van der Waals surface area contributed by atoms with Gasteiger partial charge >= 0.3 is 6.18 Å². The number of benzene rings is 1. The van der Waals surface area contributed by atoms with Crippen LogP contribution in [0.4, 0.5) is 19.1 Å². The number of nitrogens with one attached hydrogen (secondary N) is 2. The van der Waals surface area contributed by atoms with Crippen LogP contribution in [0.25, 0.3) is 27.8 Å². The van der Waals surface area contributed by atoms with Crippen LogP contribution < -0.4 is 5.32 Å². The molecule has 0 atom stereocenters. The lowest BCUT2D eigenvalue weighted by molar-refractivity contribution is -0.141. The fourth-order valence-electron chi connectivity index (χ4n) is 2.71. The number of anilines is 1. The van der Waals surface area contributed by atoms with Crippen LogP contribution in [0.1, 0.15) is 12.6 Å². The maximum absolute atomic E-state index is 13.1. The Morgan fingerprint density at radius 3 is 2.76 bits per heavy atom. The molecule has 0 unspecified atom stereocenters. The van der Waals surface area contributed by atoms with Gasteiger partial charge in [0.1, 0.15) is 11.2 Å². The Morgan fingerprint density at radius 1 is 1.16 bits per heavy atom. The minimum absolute atomic E-state index is 0.147. The van der Waals surface area contributed by atoms with Gasteiger partial charge in [0.2, 0.25) is 5.95 Å². The number of aromatic nitrogens is 5. The molecule has 4 aromatic rings. The number of hydrogen-bond donors (Lipinski definition) is 2. The average molecular weight is 346 g/mol. The van der Waals surface area contributed by atoms with Crippen molar-refractivity contribution in [1.82, 2.24) is 24.7 Å². The van der Waals surface area contributed by atoms with Crippen LogP contribution in [0, 0.1) is 0 Å². The van der Waals surface area contributed by atoms with Crippen molar-refractivity contribution in [3.8, 4) is 5.69 Å². The summed E-state index contributed by atoms with van der Waals surface area (Å²) in [5, 5.41) is 10.7. The molecule has 0 amide bonds. The summed E-state index contributed by atoms with van der Waals surface area (Å²) in [6.45, 7) is 2.46. The highest BCUT2D eigenvalue weighted by atomic mass is 19.4. The number of imidazole rings is 1. The number of aromatic amines is 1. The van der Waals surface area contributed by atoms with Gasteiger partial charge in [-0.25, -0.2) is 9.97 Å². The summed E-state index contributed by atoms with van der Waals surface area (Å²) in [5.41, 5.74) is 1.07. The number of rotatable bonds is 3. The molecule has 4 rings (SSSR count). The van der Waals surface area contributed by atoms with Crippen LogP contribution in [0.15, 0.2) is 36.5 Å². The lowest BCUT2D eigenvalue weighted by atomic mass is 10.2. The predicted octanol–water partition coefficient (Wildman–Crippen LogP) is 3.75. The zero-order valence-corrected chi connectivity index (χ0v) is 13.1. The van der Waals surface area contributed by atoms with Crippen LogP contribution in [0.3, 0.4) is 0 Å². The van der Waals surface area contributed by atoms with E-state index in [1.54, 1.807) is 16.8 Å². The third-order valence-electron chi connectivity index (χ3n) is 3.81. The number of fused-ring (bicyclic) bond motifs is 2. The van der Waals surface area contributed by atoms with Crippen LogP contribution in [-0.4, -0.2) is 31.3 Å². The molecule has 6 nitrogen and oxygen atoms in total. The van der Waals surface area contributed by atoms with Gasteiger partial charge in [-0.05, 0) is 37.3 Å². The van der Waals surface area contributed by atoms with Crippen molar-refractivity contribution in [2.45, 2.75) is 13.1 Å². The average Bonchev–Trinajstić information content (AvgIpc) is 3.16. The molecule has 128 valence electrons. The van der Waals surface area contributed by atoms with Crippen molar-refractivity contribution in [2.75, 3.05) is 11.9 Å². The van der Waals surface area contributed by atoms with Gasteiger partial charge in [0.25, 0.3) is 0 Å². The molecule has 0 saturated carbocycles. The summed E-state index contributed by atoms with van der Waals surface area (Å²) in [6, 6.07) is 7.69. The van der Waals surface area contributed by atoms with E-state index in [4.69, 9.17) is 0 Å². The largest absolute Gasteiger partial charge is 0.433 e. The lowest BCUT2D eigenvalue weighted by Crippen LogP contribution is -2.09. The van der Waals surface area contributed by atoms with E-state index in [1.807, 2.05) is 19.1 Å². The number of hydrogen-bond acceptors (Lipinski definition) is 4. The highest BCUT2D eigenvalue weighted by molar-refractivity contribution is 5.83. The summed E-state index contributed by atoms with van der Waals surface area (Å²) < 4.78 is 40.7. The normalized spacial score (nSPS) is 12.2. The molecule has 0 aliphatic carbocycles. The molecule has 0 bridgehead atoms. The predicted molar refractivity (Wildman–Crippen MR) is 87.7 cm³/mol. The molecule has 0 fully saturated rings. The number of halogens is 3. The van der Waals surface area contributed by atoms with E-state index in [-0.39, 0.29) is 5.65 Å². The zero-order chi connectivity index (χ0) is 17.6. The molecule has 0 spiro atoms. The van der Waals surface area contributed by atoms with E-state index in [0.717, 1.165) is 17.0 Å². The van der Waals surface area contributed by atoms with Crippen molar-refractivity contribution in [1.29, 1.82) is 0 Å². The molecular weight excluding hydrogens is 333 g/mol. The fourth-order valence-corrected chi connectivity index (χ4v) is 2.71. The van der Waals surface area contributed by atoms with E-state index in [0.29, 0.717) is 23.7 Å². The van der Waals surface area contributed by atoms with Crippen molar-refractivity contribution in [3.05, 3.63) is 42.2 Å². The Morgan fingerprint density at radius 2 is 2.00 bits per heavy atom. The lowest BCUT2D eigenvalue weighted by Gasteiger charge is -2.10. The second-order valence-electron chi connectivity index (χ2n) is 5.48. The van der Waals surface area contributed by atoms with Gasteiger partial charge in [-0.3, -0.25) is 9.67 Å². The van der Waals surface area contributed by atoms with Crippen molar-refractivity contribution in [3.63, 3.8) is 0 Å². The minimum Gasteiger partial charge on any atom is -0.356 e. The van der Waals surface area contributed by atoms with Crippen LogP contribution in [0.5, 0.6) is 0 Å². The summed E-state index contributed by atoms with van der Waals surface area (Å²) in [7, 11) is 0. The van der Waals surface area contributed by atoms with Crippen molar-refractivity contribution < 1.29 is 13.2 Å². The summed E-state index contributed by atoms with van der Waals surface area (Å²) in [4.78, 5) is 8.17. The first-order valence-corrected chi connectivity index (χ1v) is 7.61. The molecule has 0 aliphatic heterocycles. The van der Waals surface area contributed by atoms with Gasteiger partial charge in [-0.15, -0.1) is 0 Å². The first kappa shape index (κ1) is 15.4. The zero-order valence-electron chi connectivity index (χ0n) is 13.1. The number of alkyl halides is 3. The molecule has 0 aliphatic rings. The molecule has 0 saturated heterocycles. The highest BCUT2D eigenvalue weighted by Gasteiger charge is 2.33. The van der Waals surface area contributed by atoms with Crippen LogP contribution >= 0.6 is 0 Å². The second-order valence-corrected chi connectivity index (χ2v) is 5.48. The minimum atomic E-state index is -4.52. The highest BCUT2D eigenvalue weighted by Crippen LogP contribution is 2.31. The molecule has 3 aromatic heterocycles. The van der Waals surface area contributed by atoms with Crippen molar-refractivity contribution in [2.24, 2.45) is 0 Å². The first-order chi connectivity index (χ1) is 12.0. The van der Waals surface area contributed by atoms with Crippen molar-refractivity contribution >= 4 is 28.0 Å². The molecule has 1 aromatic carbocycles. The third-order valence-corrected chi connectivity index (χ3v) is 3.81. The van der Waals surface area contributed by atoms with E-state index in [2.05, 4.69) is 25.5 Å². The quantitative estimate of drug-likeness (QED) is 0.593. The standard InChI is InChI=1S/C16H13F3N6/c1-2-20-15-22-12-5-6-13(16(17,18)19)23-14(12)25(15)10-3-4-11-9(7-10)8-21-24-11/h3-8H,2H2,1H3,(H,20,22)(H,21,24). The van der Waals surface area contributed by atoms with E-state index in [9.17, 15) is 13.2 Å².